The van der Waals surface area contributed by atoms with Crippen molar-refractivity contribution < 1.29 is 9.47 Å². The van der Waals surface area contributed by atoms with Crippen LogP contribution in [0.3, 0.4) is 0 Å². The van der Waals surface area contributed by atoms with E-state index >= 15 is 0 Å². The van der Waals surface area contributed by atoms with E-state index in [2.05, 4.69) is 22.3 Å². The molecule has 0 fully saturated rings. The lowest BCUT2D eigenvalue weighted by Gasteiger charge is -2.12. The molecular formula is C22H24N4O2S. The van der Waals surface area contributed by atoms with Gasteiger partial charge in [-0.05, 0) is 48.5 Å². The first-order valence-electron chi connectivity index (χ1n) is 9.42. The molecule has 0 aliphatic heterocycles. The average Bonchev–Trinajstić information content (AvgIpc) is 2.77. The maximum absolute atomic E-state index is 5.88. The number of methoxy groups -OCH3 is 1. The van der Waals surface area contributed by atoms with Gasteiger partial charge in [-0.2, -0.15) is 5.10 Å². The third kappa shape index (κ3) is 5.89. The lowest BCUT2D eigenvalue weighted by atomic mass is 10.2. The molecule has 0 atom stereocenters. The van der Waals surface area contributed by atoms with Crippen LogP contribution in [-0.2, 0) is 6.54 Å². The van der Waals surface area contributed by atoms with Gasteiger partial charge in [-0.3, -0.25) is 0 Å². The van der Waals surface area contributed by atoms with E-state index in [0.717, 1.165) is 23.4 Å². The molecule has 0 unspecified atom stereocenters. The number of benzene rings is 2. The summed E-state index contributed by atoms with van der Waals surface area (Å²) >= 11 is 5.37. The number of thiocarbonyl (C=S) groups is 1. The fourth-order valence-electron chi connectivity index (χ4n) is 2.65. The molecule has 29 heavy (non-hydrogen) atoms. The zero-order valence-corrected chi connectivity index (χ0v) is 17.4. The fraction of sp³-hybridized carbons (Fsp3) is 0.227. The number of nitrogens with one attached hydrogen (secondary N) is 1. The van der Waals surface area contributed by atoms with Gasteiger partial charge in [0.1, 0.15) is 5.75 Å². The van der Waals surface area contributed by atoms with Gasteiger partial charge >= 0.3 is 0 Å². The van der Waals surface area contributed by atoms with Gasteiger partial charge in [0, 0.05) is 12.6 Å². The zero-order valence-electron chi connectivity index (χ0n) is 16.5. The third-order valence-corrected chi connectivity index (χ3v) is 4.28. The van der Waals surface area contributed by atoms with Gasteiger partial charge in [0.25, 0.3) is 0 Å². The van der Waals surface area contributed by atoms with Crippen LogP contribution in [0.2, 0.25) is 0 Å². The number of aromatic nitrogens is 2. The molecule has 7 heteroatoms. The number of nitrogens with zero attached hydrogens (tertiary/aromatic N) is 3. The number of ether oxygens (including phenoxy) is 2. The first-order chi connectivity index (χ1) is 14.2. The van der Waals surface area contributed by atoms with Crippen LogP contribution in [0.5, 0.6) is 11.6 Å². The summed E-state index contributed by atoms with van der Waals surface area (Å²) in [4.78, 5) is 4.45. The fourth-order valence-corrected chi connectivity index (χ4v) is 2.83. The molecule has 0 saturated carbocycles. The Morgan fingerprint density at radius 3 is 2.72 bits per heavy atom. The maximum Gasteiger partial charge on any atom is 0.217 e. The second-order valence-corrected chi connectivity index (χ2v) is 6.66. The topological polar surface area (TPSA) is 60.7 Å². The minimum absolute atomic E-state index is 0.383. The summed E-state index contributed by atoms with van der Waals surface area (Å²) in [6.07, 6.45) is 2.57. The number of hydrogen-bond acceptors (Lipinski definition) is 4. The van der Waals surface area contributed by atoms with Crippen molar-refractivity contribution in [2.75, 3.05) is 13.7 Å². The van der Waals surface area contributed by atoms with E-state index in [9.17, 15) is 0 Å². The minimum atomic E-state index is 0.383. The Balaban J connectivity index is 1.78. The Kier molecular flexibility index (Phi) is 7.35. The molecule has 1 N–H and O–H groups in total. The van der Waals surface area contributed by atoms with Crippen LogP contribution in [0.15, 0.2) is 71.9 Å². The highest BCUT2D eigenvalue weighted by Crippen LogP contribution is 2.14. The summed E-state index contributed by atoms with van der Waals surface area (Å²) < 4.78 is 12.9. The highest BCUT2D eigenvalue weighted by Gasteiger charge is 2.06. The van der Waals surface area contributed by atoms with Crippen molar-refractivity contribution in [3.63, 3.8) is 0 Å². The van der Waals surface area contributed by atoms with Crippen LogP contribution in [-0.4, -0.2) is 28.6 Å². The summed E-state index contributed by atoms with van der Waals surface area (Å²) in [5, 5.41) is 8.65. The van der Waals surface area contributed by atoms with Gasteiger partial charge in [0.15, 0.2) is 5.11 Å². The molecule has 0 saturated heterocycles. The second kappa shape index (κ2) is 10.4. The quantitative estimate of drug-likeness (QED) is 0.605. The monoisotopic (exact) mass is 408 g/mol. The van der Waals surface area contributed by atoms with Crippen molar-refractivity contribution >= 4 is 17.3 Å². The summed E-state index contributed by atoms with van der Waals surface area (Å²) in [5.74, 6) is 1.43. The normalized spacial score (nSPS) is 11.2. The van der Waals surface area contributed by atoms with Crippen molar-refractivity contribution in [3.05, 3.63) is 77.8 Å². The largest absolute Gasteiger partial charge is 0.497 e. The van der Waals surface area contributed by atoms with E-state index in [4.69, 9.17) is 21.7 Å². The van der Waals surface area contributed by atoms with Gasteiger partial charge in [0.05, 0.1) is 31.0 Å². The van der Waals surface area contributed by atoms with E-state index in [0.29, 0.717) is 29.5 Å². The van der Waals surface area contributed by atoms with Crippen LogP contribution in [0.1, 0.15) is 18.9 Å². The van der Waals surface area contributed by atoms with E-state index in [1.54, 1.807) is 18.0 Å². The van der Waals surface area contributed by atoms with Crippen LogP contribution < -0.4 is 20.1 Å². The molecule has 1 aromatic heterocycles. The second-order valence-electron chi connectivity index (χ2n) is 6.27. The summed E-state index contributed by atoms with van der Waals surface area (Å²) in [6.45, 7) is 3.21. The predicted octanol–water partition coefficient (Wildman–Crippen LogP) is 3.65. The number of hydrogen-bond donors (Lipinski definition) is 1. The van der Waals surface area contributed by atoms with E-state index < -0.39 is 0 Å². The Labute approximate surface area is 175 Å². The molecule has 1 heterocycles. The van der Waals surface area contributed by atoms with Gasteiger partial charge in [-0.25, -0.2) is 9.67 Å². The highest BCUT2D eigenvalue weighted by atomic mass is 32.1. The van der Waals surface area contributed by atoms with Gasteiger partial charge in [-0.1, -0.05) is 37.3 Å². The molecule has 2 aromatic carbocycles. The predicted molar refractivity (Wildman–Crippen MR) is 117 cm³/mol. The van der Waals surface area contributed by atoms with Gasteiger partial charge < -0.3 is 14.8 Å². The third-order valence-electron chi connectivity index (χ3n) is 4.05. The minimum Gasteiger partial charge on any atom is -0.497 e. The first kappa shape index (κ1) is 20.5. The Morgan fingerprint density at radius 1 is 1.14 bits per heavy atom. The Morgan fingerprint density at radius 2 is 1.97 bits per heavy atom. The standard InChI is InChI=1S/C22H24N4O2S/c1-3-12-28-21-14-18(16-24-26(21)19-9-5-4-6-10-19)25-22(29)23-15-17-8-7-11-20(13-17)27-2/h4-11,13-14,16H,3,12,15H2,1-2H3,(H,23,29). The highest BCUT2D eigenvalue weighted by molar-refractivity contribution is 7.80. The van der Waals surface area contributed by atoms with Gasteiger partial charge in [0.2, 0.25) is 5.88 Å². The molecule has 0 radical (unpaired) electrons. The molecule has 0 spiro atoms. The van der Waals surface area contributed by atoms with E-state index in [1.165, 1.54) is 0 Å². The van der Waals surface area contributed by atoms with Crippen molar-refractivity contribution in [1.29, 1.82) is 0 Å². The maximum atomic E-state index is 5.88. The molecule has 6 nitrogen and oxygen atoms in total. The van der Waals surface area contributed by atoms with Crippen LogP contribution >= 0.6 is 12.2 Å². The Bertz CT molecular complexity index is 1020. The van der Waals surface area contributed by atoms with Crippen molar-refractivity contribution in [3.8, 4) is 17.3 Å². The Hall–Kier alpha value is -3.19. The molecule has 0 bridgehead atoms. The molecular weight excluding hydrogens is 384 g/mol. The van der Waals surface area contributed by atoms with Crippen LogP contribution in [0, 0.1) is 0 Å². The summed E-state index contributed by atoms with van der Waals surface area (Å²) in [5.41, 5.74) is 1.98. The lowest BCUT2D eigenvalue weighted by molar-refractivity contribution is 0.291. The van der Waals surface area contributed by atoms with Gasteiger partial charge in [-0.15, -0.1) is 0 Å². The molecule has 3 rings (SSSR count). The van der Waals surface area contributed by atoms with E-state index in [-0.39, 0.29) is 0 Å². The number of rotatable bonds is 7. The lowest BCUT2D eigenvalue weighted by Crippen LogP contribution is -2.22. The van der Waals surface area contributed by atoms with Crippen molar-refractivity contribution in [1.82, 2.24) is 15.1 Å². The van der Waals surface area contributed by atoms with Crippen molar-refractivity contribution in [2.24, 2.45) is 4.99 Å². The van der Waals surface area contributed by atoms with Crippen molar-refractivity contribution in [2.45, 2.75) is 19.9 Å². The summed E-state index contributed by atoms with van der Waals surface area (Å²) in [7, 11) is 1.65. The first-order valence-corrected chi connectivity index (χ1v) is 9.83. The molecule has 0 aliphatic rings. The molecule has 3 aromatic rings. The smallest absolute Gasteiger partial charge is 0.217 e. The summed E-state index contributed by atoms with van der Waals surface area (Å²) in [6, 6.07) is 19.5. The number of para-hydroxylation sites is 1. The van der Waals surface area contributed by atoms with Crippen LogP contribution in [0.4, 0.5) is 0 Å². The van der Waals surface area contributed by atoms with Crippen LogP contribution in [0.25, 0.3) is 5.69 Å². The molecule has 0 aliphatic carbocycles. The van der Waals surface area contributed by atoms with E-state index in [1.807, 2.05) is 60.7 Å². The average molecular weight is 409 g/mol. The SMILES string of the molecule is CCCOc1cc(=NC(=S)NCc2cccc(OC)c2)cnn1-c1ccccc1. The molecule has 150 valence electrons. The zero-order chi connectivity index (χ0) is 20.5. The molecule has 0 amide bonds.